The van der Waals surface area contributed by atoms with Crippen molar-refractivity contribution in [1.29, 1.82) is 0 Å². The van der Waals surface area contributed by atoms with E-state index in [1.807, 2.05) is 44.4 Å². The Morgan fingerprint density at radius 3 is 2.37 bits per heavy atom. The molecule has 2 aromatic heterocycles. The Labute approximate surface area is 184 Å². The van der Waals surface area contributed by atoms with Crippen molar-refractivity contribution in [3.05, 3.63) is 57.4 Å². The molecule has 0 radical (unpaired) electrons. The molecule has 1 amide bonds. The third-order valence-electron chi connectivity index (χ3n) is 3.92. The highest BCUT2D eigenvalue weighted by molar-refractivity contribution is 7.12. The number of para-hydroxylation sites is 1. The fraction of sp³-hybridized carbons (Fsp3) is 0.286. The van der Waals surface area contributed by atoms with Crippen LogP contribution in [0, 0.1) is 0 Å². The molecular formula is C21H23ClN4O3S. The van der Waals surface area contributed by atoms with Crippen LogP contribution in [0.1, 0.15) is 40.9 Å². The van der Waals surface area contributed by atoms with Gasteiger partial charge in [0.1, 0.15) is 10.5 Å². The van der Waals surface area contributed by atoms with Crippen molar-refractivity contribution >= 4 is 46.6 Å². The summed E-state index contributed by atoms with van der Waals surface area (Å²) in [5.74, 6) is -0.469. The van der Waals surface area contributed by atoms with Gasteiger partial charge in [0.2, 0.25) is 5.95 Å². The number of esters is 1. The molecule has 0 fully saturated rings. The number of rotatable bonds is 5. The Morgan fingerprint density at radius 1 is 1.17 bits per heavy atom. The Kier molecular flexibility index (Phi) is 6.19. The number of benzene rings is 1. The molecule has 158 valence electrons. The van der Waals surface area contributed by atoms with E-state index in [2.05, 4.69) is 10.3 Å². The van der Waals surface area contributed by atoms with Crippen molar-refractivity contribution < 1.29 is 14.3 Å². The van der Waals surface area contributed by atoms with Crippen molar-refractivity contribution in [2.75, 3.05) is 24.3 Å². The number of aromatic nitrogens is 2. The van der Waals surface area contributed by atoms with E-state index in [0.29, 0.717) is 21.5 Å². The molecule has 7 nitrogen and oxygen atoms in total. The number of nitrogens with one attached hydrogen (secondary N) is 1. The van der Waals surface area contributed by atoms with E-state index in [4.69, 9.17) is 16.3 Å². The first kappa shape index (κ1) is 21.9. The first-order chi connectivity index (χ1) is 14.1. The molecule has 3 rings (SSSR count). The number of thiophene rings is 1. The monoisotopic (exact) mass is 446 g/mol. The van der Waals surface area contributed by atoms with E-state index >= 15 is 0 Å². The van der Waals surface area contributed by atoms with E-state index in [1.165, 1.54) is 11.3 Å². The maximum atomic E-state index is 13.2. The third kappa shape index (κ3) is 4.66. The zero-order valence-electron chi connectivity index (χ0n) is 17.4. The van der Waals surface area contributed by atoms with E-state index in [1.54, 1.807) is 41.7 Å². The smallest absolute Gasteiger partial charge is 0.359 e. The molecule has 9 heteroatoms. The highest BCUT2D eigenvalue weighted by atomic mass is 35.5. The predicted octanol–water partition coefficient (Wildman–Crippen LogP) is 4.86. The highest BCUT2D eigenvalue weighted by Gasteiger charge is 2.30. The summed E-state index contributed by atoms with van der Waals surface area (Å²) >= 11 is 7.31. The van der Waals surface area contributed by atoms with E-state index in [-0.39, 0.29) is 11.5 Å². The first-order valence-corrected chi connectivity index (χ1v) is 10.5. The molecule has 0 spiro atoms. The number of hydrogen-bond acceptors (Lipinski definition) is 6. The van der Waals surface area contributed by atoms with Crippen LogP contribution in [0.2, 0.25) is 5.02 Å². The van der Waals surface area contributed by atoms with Crippen molar-refractivity contribution in [3.63, 3.8) is 0 Å². The van der Waals surface area contributed by atoms with Gasteiger partial charge in [-0.05, 0) is 44.4 Å². The number of ether oxygens (including phenoxy) is 1. The number of carbonyl (C=O) groups is 2. The molecule has 1 N–H and O–H groups in total. The van der Waals surface area contributed by atoms with Crippen LogP contribution in [0.15, 0.2) is 41.8 Å². The lowest BCUT2D eigenvalue weighted by Gasteiger charge is -2.21. The molecule has 1 aromatic carbocycles. The van der Waals surface area contributed by atoms with Gasteiger partial charge >= 0.3 is 5.97 Å². The summed E-state index contributed by atoms with van der Waals surface area (Å²) in [4.78, 5) is 32.6. The summed E-state index contributed by atoms with van der Waals surface area (Å²) in [5, 5.41) is 4.80. The number of anilines is 2. The fourth-order valence-electron chi connectivity index (χ4n) is 2.75. The Morgan fingerprint density at radius 2 is 1.83 bits per heavy atom. The van der Waals surface area contributed by atoms with Gasteiger partial charge in [0.15, 0.2) is 11.5 Å². The standard InChI is InChI=1S/C21H23ClN4O3S/c1-21(2,3)29-19(28)15-17(23-18(27)16-14(22)11-12-30-16)24-20(25(4)5)26(15)13-9-7-6-8-10-13/h6-12H,1-5H3,(H,23,27). The molecule has 3 aromatic rings. The fourth-order valence-corrected chi connectivity index (χ4v) is 3.79. The summed E-state index contributed by atoms with van der Waals surface area (Å²) in [6.07, 6.45) is 0. The average molecular weight is 447 g/mol. The van der Waals surface area contributed by atoms with Gasteiger partial charge in [-0.2, -0.15) is 4.98 Å². The SMILES string of the molecule is CN(C)c1nc(NC(=O)c2sccc2Cl)c(C(=O)OC(C)(C)C)n1-c1ccccc1. The van der Waals surface area contributed by atoms with Crippen LogP contribution in [0.3, 0.4) is 0 Å². The van der Waals surface area contributed by atoms with Gasteiger partial charge in [-0.15, -0.1) is 11.3 Å². The van der Waals surface area contributed by atoms with Crippen LogP contribution in [0.5, 0.6) is 0 Å². The predicted molar refractivity (Wildman–Crippen MR) is 120 cm³/mol. The number of amides is 1. The molecule has 0 bridgehead atoms. The van der Waals surface area contributed by atoms with Gasteiger partial charge in [-0.25, -0.2) is 4.79 Å². The lowest BCUT2D eigenvalue weighted by atomic mass is 10.2. The Balaban J connectivity index is 2.17. The van der Waals surface area contributed by atoms with E-state index < -0.39 is 17.5 Å². The van der Waals surface area contributed by atoms with Crippen LogP contribution in [-0.2, 0) is 4.74 Å². The van der Waals surface area contributed by atoms with Gasteiger partial charge in [0.25, 0.3) is 5.91 Å². The normalized spacial score (nSPS) is 11.3. The third-order valence-corrected chi connectivity index (χ3v) is 5.26. The Hall–Kier alpha value is -2.84. The van der Waals surface area contributed by atoms with E-state index in [9.17, 15) is 9.59 Å². The second kappa shape index (κ2) is 8.49. The number of imidazole rings is 1. The van der Waals surface area contributed by atoms with Crippen molar-refractivity contribution in [2.45, 2.75) is 26.4 Å². The van der Waals surface area contributed by atoms with Gasteiger partial charge in [-0.1, -0.05) is 29.8 Å². The van der Waals surface area contributed by atoms with Crippen molar-refractivity contribution in [3.8, 4) is 5.69 Å². The molecule has 0 aliphatic rings. The van der Waals surface area contributed by atoms with Crippen LogP contribution in [-0.4, -0.2) is 41.1 Å². The quantitative estimate of drug-likeness (QED) is 0.566. The molecule has 0 unspecified atom stereocenters. The van der Waals surface area contributed by atoms with Crippen molar-refractivity contribution in [1.82, 2.24) is 9.55 Å². The van der Waals surface area contributed by atoms with Gasteiger partial charge in [0.05, 0.1) is 5.02 Å². The number of carbonyl (C=O) groups excluding carboxylic acids is 2. The second-order valence-electron chi connectivity index (χ2n) is 7.73. The molecule has 30 heavy (non-hydrogen) atoms. The molecule has 0 saturated heterocycles. The minimum Gasteiger partial charge on any atom is -0.455 e. The zero-order chi connectivity index (χ0) is 22.1. The maximum absolute atomic E-state index is 13.2. The van der Waals surface area contributed by atoms with E-state index in [0.717, 1.165) is 0 Å². The van der Waals surface area contributed by atoms with Crippen LogP contribution in [0.4, 0.5) is 11.8 Å². The van der Waals surface area contributed by atoms with Gasteiger partial charge in [0, 0.05) is 19.8 Å². The summed E-state index contributed by atoms with van der Waals surface area (Å²) in [5.41, 5.74) is 0.115. The number of halogens is 1. The lowest BCUT2D eigenvalue weighted by molar-refractivity contribution is 0.00619. The van der Waals surface area contributed by atoms with Crippen LogP contribution >= 0.6 is 22.9 Å². The summed E-state index contributed by atoms with van der Waals surface area (Å²) in [7, 11) is 3.62. The van der Waals surface area contributed by atoms with Crippen molar-refractivity contribution in [2.24, 2.45) is 0 Å². The van der Waals surface area contributed by atoms with Gasteiger partial charge in [-0.3, -0.25) is 9.36 Å². The van der Waals surface area contributed by atoms with Gasteiger partial charge < -0.3 is 15.0 Å². The minimum absolute atomic E-state index is 0.103. The molecule has 2 heterocycles. The van der Waals surface area contributed by atoms with Crippen LogP contribution < -0.4 is 10.2 Å². The van der Waals surface area contributed by atoms with Crippen LogP contribution in [0.25, 0.3) is 5.69 Å². The molecular weight excluding hydrogens is 424 g/mol. The molecule has 0 saturated carbocycles. The molecule has 0 aliphatic heterocycles. The second-order valence-corrected chi connectivity index (χ2v) is 9.05. The Bertz CT molecular complexity index is 1070. The molecule has 0 aliphatic carbocycles. The minimum atomic E-state index is -0.723. The zero-order valence-corrected chi connectivity index (χ0v) is 19.0. The highest BCUT2D eigenvalue weighted by Crippen LogP contribution is 2.30. The topological polar surface area (TPSA) is 76.5 Å². The average Bonchev–Trinajstić information content (AvgIpc) is 3.24. The first-order valence-electron chi connectivity index (χ1n) is 9.21. The summed E-state index contributed by atoms with van der Waals surface area (Å²) in [6.45, 7) is 5.35. The summed E-state index contributed by atoms with van der Waals surface area (Å²) < 4.78 is 7.29. The number of nitrogens with zero attached hydrogens (tertiary/aromatic N) is 3. The lowest BCUT2D eigenvalue weighted by Crippen LogP contribution is -2.27. The maximum Gasteiger partial charge on any atom is 0.359 e. The molecule has 0 atom stereocenters. The summed E-state index contributed by atoms with van der Waals surface area (Å²) in [6, 6.07) is 10.9. The number of hydrogen-bond donors (Lipinski definition) is 1. The largest absolute Gasteiger partial charge is 0.455 e.